The van der Waals surface area contributed by atoms with Crippen molar-refractivity contribution in [1.82, 2.24) is 9.55 Å². The summed E-state index contributed by atoms with van der Waals surface area (Å²) in [6, 6.07) is 5.10. The topological polar surface area (TPSA) is 64.1 Å². The fourth-order valence-electron chi connectivity index (χ4n) is 2.46. The second-order valence-electron chi connectivity index (χ2n) is 5.10. The van der Waals surface area contributed by atoms with Crippen LogP contribution in [0, 0.1) is 12.3 Å². The number of hydrogen-bond acceptors (Lipinski definition) is 3. The van der Waals surface area contributed by atoms with E-state index in [-0.39, 0.29) is 13.3 Å². The van der Waals surface area contributed by atoms with E-state index in [4.69, 9.17) is 34.4 Å². The average molecular weight is 367 g/mol. The quantitative estimate of drug-likeness (QED) is 0.631. The highest BCUT2D eigenvalue weighted by Gasteiger charge is 2.15. The Morgan fingerprint density at radius 1 is 1.25 bits per heavy atom. The summed E-state index contributed by atoms with van der Waals surface area (Å²) in [5, 5.41) is 0.968. The summed E-state index contributed by atoms with van der Waals surface area (Å²) < 4.78 is 6.64. The molecule has 1 N–H and O–H groups in total. The lowest BCUT2D eigenvalue weighted by Gasteiger charge is -2.15. The van der Waals surface area contributed by atoms with Gasteiger partial charge < -0.3 is 4.74 Å². The van der Waals surface area contributed by atoms with Gasteiger partial charge in [0.05, 0.1) is 0 Å². The second-order valence-corrected chi connectivity index (χ2v) is 5.98. The third-order valence-corrected chi connectivity index (χ3v) is 3.90. The molecule has 2 rings (SSSR count). The van der Waals surface area contributed by atoms with Crippen LogP contribution in [0.3, 0.4) is 0 Å². The van der Waals surface area contributed by atoms with Crippen molar-refractivity contribution in [3.05, 3.63) is 65.9 Å². The largest absolute Gasteiger partial charge is 0.348 e. The summed E-state index contributed by atoms with van der Waals surface area (Å²) in [6.07, 6.45) is 5.94. The Kier molecular flexibility index (Phi) is 6.27. The number of halogens is 2. The van der Waals surface area contributed by atoms with Crippen molar-refractivity contribution in [2.24, 2.45) is 0 Å². The van der Waals surface area contributed by atoms with Gasteiger partial charge in [0.2, 0.25) is 0 Å². The first-order valence-electron chi connectivity index (χ1n) is 7.27. The molecule has 0 amide bonds. The van der Waals surface area contributed by atoms with Crippen molar-refractivity contribution in [3.63, 3.8) is 0 Å². The summed E-state index contributed by atoms with van der Waals surface area (Å²) in [5.41, 5.74) is 0.908. The van der Waals surface area contributed by atoms with Crippen LogP contribution in [0.1, 0.15) is 23.7 Å². The van der Waals surface area contributed by atoms with Gasteiger partial charge >= 0.3 is 5.69 Å². The van der Waals surface area contributed by atoms with Gasteiger partial charge in [0.25, 0.3) is 5.56 Å². The van der Waals surface area contributed by atoms with Crippen molar-refractivity contribution in [2.75, 3.05) is 6.61 Å². The molecule has 2 aromatic rings. The highest BCUT2D eigenvalue weighted by atomic mass is 35.5. The predicted octanol–water partition coefficient (Wildman–Crippen LogP) is 2.60. The van der Waals surface area contributed by atoms with Gasteiger partial charge in [-0.2, -0.15) is 0 Å². The summed E-state index contributed by atoms with van der Waals surface area (Å²) in [5.74, 6) is 2.34. The van der Waals surface area contributed by atoms with Crippen LogP contribution < -0.4 is 11.2 Å². The molecular formula is C17H16Cl2N2O3. The summed E-state index contributed by atoms with van der Waals surface area (Å²) in [7, 11) is 0. The van der Waals surface area contributed by atoms with Gasteiger partial charge in [0.15, 0.2) is 0 Å². The molecular weight excluding hydrogens is 351 g/mol. The molecule has 1 aromatic carbocycles. The van der Waals surface area contributed by atoms with Crippen molar-refractivity contribution in [1.29, 1.82) is 0 Å². The maximum absolute atomic E-state index is 12.2. The molecule has 5 nitrogen and oxygen atoms in total. The van der Waals surface area contributed by atoms with E-state index in [0.717, 1.165) is 5.56 Å². The maximum Gasteiger partial charge on any atom is 0.330 e. The van der Waals surface area contributed by atoms with Crippen molar-refractivity contribution < 1.29 is 4.74 Å². The third kappa shape index (κ3) is 4.30. The molecule has 0 spiro atoms. The highest BCUT2D eigenvalue weighted by Crippen LogP contribution is 2.21. The van der Waals surface area contributed by atoms with Gasteiger partial charge in [0, 0.05) is 27.7 Å². The monoisotopic (exact) mass is 366 g/mol. The molecule has 0 bridgehead atoms. The number of terminal acetylenes is 1. The smallest absolute Gasteiger partial charge is 0.330 e. The first-order chi connectivity index (χ1) is 11.5. The van der Waals surface area contributed by atoms with Gasteiger partial charge in [-0.25, -0.2) is 4.79 Å². The van der Waals surface area contributed by atoms with Crippen molar-refractivity contribution >= 4 is 23.2 Å². The number of hydrogen-bond donors (Lipinski definition) is 1. The summed E-state index contributed by atoms with van der Waals surface area (Å²) >= 11 is 12.1. The van der Waals surface area contributed by atoms with Crippen molar-refractivity contribution in [3.8, 4) is 12.3 Å². The Morgan fingerprint density at radius 3 is 2.50 bits per heavy atom. The summed E-state index contributed by atoms with van der Waals surface area (Å²) in [4.78, 5) is 26.6. The SMILES string of the molecule is C#CCOCn1c(Cc2cc(Cl)cc(Cl)c2)c(CC)c(=O)[nH]c1=O. The Hall–Kier alpha value is -2.00. The highest BCUT2D eigenvalue weighted by molar-refractivity contribution is 6.34. The average Bonchev–Trinajstić information content (AvgIpc) is 2.49. The lowest BCUT2D eigenvalue weighted by molar-refractivity contribution is 0.0981. The number of aromatic amines is 1. The van der Waals surface area contributed by atoms with Gasteiger partial charge in [-0.05, 0) is 30.2 Å². The van der Waals surface area contributed by atoms with Crippen LogP contribution in [-0.4, -0.2) is 16.2 Å². The molecule has 0 atom stereocenters. The van der Waals surface area contributed by atoms with E-state index in [0.29, 0.717) is 34.1 Å². The molecule has 0 saturated carbocycles. The second kappa shape index (κ2) is 8.20. The number of H-pyrrole nitrogens is 1. The van der Waals surface area contributed by atoms with Crippen LogP contribution in [0.2, 0.25) is 10.0 Å². The van der Waals surface area contributed by atoms with E-state index < -0.39 is 11.2 Å². The third-order valence-electron chi connectivity index (χ3n) is 3.47. The van der Waals surface area contributed by atoms with Gasteiger partial charge in [-0.3, -0.25) is 14.3 Å². The van der Waals surface area contributed by atoms with Crippen LogP contribution in [0.15, 0.2) is 27.8 Å². The molecule has 0 fully saturated rings. The molecule has 126 valence electrons. The molecule has 0 aliphatic rings. The number of rotatable bonds is 6. The molecule has 0 unspecified atom stereocenters. The summed E-state index contributed by atoms with van der Waals surface area (Å²) in [6.45, 7) is 1.86. The normalized spacial score (nSPS) is 10.6. The minimum Gasteiger partial charge on any atom is -0.348 e. The van der Waals surface area contributed by atoms with Gasteiger partial charge in [0.1, 0.15) is 13.3 Å². The van der Waals surface area contributed by atoms with E-state index in [1.54, 1.807) is 18.2 Å². The molecule has 0 radical (unpaired) electrons. The Balaban J connectivity index is 2.54. The first kappa shape index (κ1) is 18.3. The number of ether oxygens (including phenoxy) is 1. The fraction of sp³-hybridized carbons (Fsp3) is 0.294. The Morgan fingerprint density at radius 2 is 1.92 bits per heavy atom. The number of benzene rings is 1. The Labute approximate surface area is 149 Å². The zero-order valence-electron chi connectivity index (χ0n) is 13.1. The molecule has 0 saturated heterocycles. The lowest BCUT2D eigenvalue weighted by atomic mass is 10.0. The van der Waals surface area contributed by atoms with Crippen LogP contribution in [0.5, 0.6) is 0 Å². The molecule has 24 heavy (non-hydrogen) atoms. The first-order valence-corrected chi connectivity index (χ1v) is 8.02. The Bertz CT molecular complexity index is 874. The standard InChI is InChI=1S/C17H16Cl2N2O3/c1-3-5-24-10-21-15(14(4-2)16(22)20-17(21)23)8-11-6-12(18)9-13(19)7-11/h1,6-7,9H,4-5,8,10H2,2H3,(H,20,22,23). The number of nitrogens with zero attached hydrogens (tertiary/aromatic N) is 1. The van der Waals surface area contributed by atoms with Crippen molar-refractivity contribution in [2.45, 2.75) is 26.5 Å². The molecule has 0 aliphatic carbocycles. The zero-order chi connectivity index (χ0) is 17.7. The van der Waals surface area contributed by atoms with Crippen LogP contribution in [0.4, 0.5) is 0 Å². The van der Waals surface area contributed by atoms with Gasteiger partial charge in [-0.1, -0.05) is 36.0 Å². The minimum atomic E-state index is -0.544. The lowest BCUT2D eigenvalue weighted by Crippen LogP contribution is -2.36. The fourth-order valence-corrected chi connectivity index (χ4v) is 3.03. The molecule has 1 heterocycles. The minimum absolute atomic E-state index is 0.0452. The van der Waals surface area contributed by atoms with E-state index in [9.17, 15) is 9.59 Å². The molecule has 0 aliphatic heterocycles. The van der Waals surface area contributed by atoms with Crippen LogP contribution >= 0.6 is 23.2 Å². The van der Waals surface area contributed by atoms with E-state index in [1.807, 2.05) is 6.92 Å². The van der Waals surface area contributed by atoms with Gasteiger partial charge in [-0.15, -0.1) is 6.42 Å². The van der Waals surface area contributed by atoms with Crippen LogP contribution in [-0.2, 0) is 24.3 Å². The zero-order valence-corrected chi connectivity index (χ0v) is 14.6. The predicted molar refractivity (Wildman–Crippen MR) is 94.8 cm³/mol. The van der Waals surface area contributed by atoms with Crippen LogP contribution in [0.25, 0.3) is 0 Å². The molecule has 1 aromatic heterocycles. The van der Waals surface area contributed by atoms with E-state index in [1.165, 1.54) is 4.57 Å². The molecule has 7 heteroatoms. The van der Waals surface area contributed by atoms with E-state index >= 15 is 0 Å². The maximum atomic E-state index is 12.2. The number of aromatic nitrogens is 2. The van der Waals surface area contributed by atoms with E-state index in [2.05, 4.69) is 10.9 Å². The number of nitrogens with one attached hydrogen (secondary N) is 1.